The molecule has 9 aromatic rings. The number of rotatable bonds is 3. The van der Waals surface area contributed by atoms with Gasteiger partial charge in [0.15, 0.2) is 0 Å². The van der Waals surface area contributed by atoms with Gasteiger partial charge in [0.25, 0.3) is 0 Å². The lowest BCUT2D eigenvalue weighted by atomic mass is 10.0. The van der Waals surface area contributed by atoms with Crippen LogP contribution in [0.15, 0.2) is 152 Å². The zero-order chi connectivity index (χ0) is 27.6. The van der Waals surface area contributed by atoms with Gasteiger partial charge in [-0.15, -0.1) is 0 Å². The van der Waals surface area contributed by atoms with Crippen molar-refractivity contribution < 1.29 is 0 Å². The number of benzene rings is 6. The number of hydrogen-bond acceptors (Lipinski definition) is 1. The van der Waals surface area contributed by atoms with E-state index >= 15 is 0 Å². The van der Waals surface area contributed by atoms with E-state index in [9.17, 15) is 0 Å². The third kappa shape index (κ3) is 3.31. The average molecular weight is 536 g/mol. The highest BCUT2D eigenvalue weighted by atomic mass is 15.1. The van der Waals surface area contributed by atoms with Crippen LogP contribution in [0.1, 0.15) is 0 Å². The Balaban J connectivity index is 1.30. The molecule has 0 fully saturated rings. The van der Waals surface area contributed by atoms with Crippen LogP contribution in [-0.4, -0.2) is 14.1 Å². The maximum Gasteiger partial charge on any atom is 0.137 e. The first-order chi connectivity index (χ1) is 20.8. The molecule has 9 rings (SSSR count). The molecule has 6 aromatic carbocycles. The summed E-state index contributed by atoms with van der Waals surface area (Å²) >= 11 is 0. The maximum absolute atomic E-state index is 4.72. The second kappa shape index (κ2) is 8.92. The minimum atomic E-state index is 0.927. The molecule has 3 heterocycles. The molecule has 0 amide bonds. The van der Waals surface area contributed by atoms with Crippen LogP contribution in [0.2, 0.25) is 0 Å². The van der Waals surface area contributed by atoms with E-state index in [1.165, 1.54) is 54.5 Å². The number of pyridine rings is 1. The summed E-state index contributed by atoms with van der Waals surface area (Å²) in [5.41, 5.74) is 8.32. The molecular weight excluding hydrogens is 510 g/mol. The summed E-state index contributed by atoms with van der Waals surface area (Å²) in [7, 11) is 0. The van der Waals surface area contributed by atoms with Gasteiger partial charge in [-0.05, 0) is 76.5 Å². The van der Waals surface area contributed by atoms with Crippen LogP contribution in [-0.2, 0) is 0 Å². The molecule has 196 valence electrons. The number of hydrogen-bond donors (Lipinski definition) is 0. The molecule has 42 heavy (non-hydrogen) atoms. The van der Waals surface area contributed by atoms with Gasteiger partial charge in [-0.1, -0.05) is 91.0 Å². The number of para-hydroxylation sites is 2. The molecule has 0 radical (unpaired) electrons. The Labute approximate surface area is 242 Å². The van der Waals surface area contributed by atoms with Crippen molar-refractivity contribution in [3.63, 3.8) is 0 Å². The van der Waals surface area contributed by atoms with Gasteiger partial charge in [0.1, 0.15) is 5.82 Å². The van der Waals surface area contributed by atoms with E-state index < -0.39 is 0 Å². The van der Waals surface area contributed by atoms with Crippen molar-refractivity contribution in [1.82, 2.24) is 14.1 Å². The summed E-state index contributed by atoms with van der Waals surface area (Å²) in [5.74, 6) is 0.927. The molecule has 0 atom stereocenters. The van der Waals surface area contributed by atoms with Gasteiger partial charge in [-0.2, -0.15) is 0 Å². The van der Waals surface area contributed by atoms with Crippen LogP contribution < -0.4 is 0 Å². The van der Waals surface area contributed by atoms with Crippen LogP contribution >= 0.6 is 0 Å². The minimum absolute atomic E-state index is 0.927. The maximum atomic E-state index is 4.72. The first-order valence-corrected chi connectivity index (χ1v) is 14.3. The highest BCUT2D eigenvalue weighted by Gasteiger charge is 2.20. The third-order valence-corrected chi connectivity index (χ3v) is 8.56. The van der Waals surface area contributed by atoms with Gasteiger partial charge in [-0.25, -0.2) is 4.98 Å². The molecule has 3 heteroatoms. The first-order valence-electron chi connectivity index (χ1n) is 14.3. The second-order valence-corrected chi connectivity index (χ2v) is 10.9. The zero-order valence-corrected chi connectivity index (χ0v) is 22.8. The molecule has 3 nitrogen and oxygen atoms in total. The Bertz CT molecular complexity index is 2450. The third-order valence-electron chi connectivity index (χ3n) is 8.56. The molecule has 0 saturated carbocycles. The highest BCUT2D eigenvalue weighted by Crippen LogP contribution is 2.42. The number of fused-ring (bicyclic) bond motifs is 8. The Morgan fingerprint density at radius 2 is 1.00 bits per heavy atom. The van der Waals surface area contributed by atoms with Crippen LogP contribution in [0, 0.1) is 0 Å². The quantitative estimate of drug-likeness (QED) is 0.221. The van der Waals surface area contributed by atoms with Gasteiger partial charge in [0.05, 0.1) is 22.1 Å². The fraction of sp³-hybridized carbons (Fsp3) is 0. The van der Waals surface area contributed by atoms with Gasteiger partial charge >= 0.3 is 0 Å². The van der Waals surface area contributed by atoms with Crippen molar-refractivity contribution in [3.05, 3.63) is 152 Å². The molecule has 0 spiro atoms. The smallest absolute Gasteiger partial charge is 0.137 e. The summed E-state index contributed by atoms with van der Waals surface area (Å²) < 4.78 is 4.69. The normalized spacial score (nSPS) is 11.8. The zero-order valence-electron chi connectivity index (χ0n) is 22.8. The molecule has 3 aromatic heterocycles. The van der Waals surface area contributed by atoms with Crippen molar-refractivity contribution in [2.75, 3.05) is 0 Å². The highest BCUT2D eigenvalue weighted by molar-refractivity contribution is 6.28. The number of aromatic nitrogens is 3. The summed E-state index contributed by atoms with van der Waals surface area (Å²) in [4.78, 5) is 4.72. The first kappa shape index (κ1) is 23.1. The Morgan fingerprint density at radius 3 is 1.71 bits per heavy atom. The Morgan fingerprint density at radius 1 is 0.405 bits per heavy atom. The van der Waals surface area contributed by atoms with Crippen molar-refractivity contribution in [3.8, 4) is 22.6 Å². The lowest BCUT2D eigenvalue weighted by Gasteiger charge is -2.10. The van der Waals surface area contributed by atoms with E-state index in [2.05, 4.69) is 149 Å². The van der Waals surface area contributed by atoms with E-state index in [4.69, 9.17) is 4.98 Å². The molecule has 0 N–H and O–H groups in total. The van der Waals surface area contributed by atoms with Crippen molar-refractivity contribution in [2.24, 2.45) is 0 Å². The van der Waals surface area contributed by atoms with E-state index in [0.717, 1.165) is 22.5 Å². The summed E-state index contributed by atoms with van der Waals surface area (Å²) in [6.45, 7) is 0. The fourth-order valence-electron chi connectivity index (χ4n) is 6.70. The van der Waals surface area contributed by atoms with Gasteiger partial charge in [0.2, 0.25) is 0 Å². The molecule has 0 bridgehead atoms. The average Bonchev–Trinajstić information content (AvgIpc) is 3.58. The second-order valence-electron chi connectivity index (χ2n) is 10.9. The van der Waals surface area contributed by atoms with Crippen LogP contribution in [0.5, 0.6) is 0 Å². The molecule has 0 saturated heterocycles. The van der Waals surface area contributed by atoms with E-state index in [0.29, 0.717) is 0 Å². The van der Waals surface area contributed by atoms with Gasteiger partial charge in [0, 0.05) is 33.4 Å². The van der Waals surface area contributed by atoms with E-state index in [-0.39, 0.29) is 0 Å². The molecule has 0 aliphatic heterocycles. The van der Waals surface area contributed by atoms with Gasteiger partial charge in [-0.3, -0.25) is 4.57 Å². The summed E-state index contributed by atoms with van der Waals surface area (Å²) in [6.07, 6.45) is 1.86. The van der Waals surface area contributed by atoms with Crippen molar-refractivity contribution in [2.45, 2.75) is 0 Å². The molecule has 0 unspecified atom stereocenters. The monoisotopic (exact) mass is 535 g/mol. The van der Waals surface area contributed by atoms with Crippen molar-refractivity contribution in [1.29, 1.82) is 0 Å². The molecule has 0 aliphatic carbocycles. The van der Waals surface area contributed by atoms with E-state index in [1.807, 2.05) is 12.3 Å². The fourth-order valence-corrected chi connectivity index (χ4v) is 6.70. The summed E-state index contributed by atoms with van der Waals surface area (Å²) in [5, 5.41) is 7.54. The van der Waals surface area contributed by atoms with Crippen molar-refractivity contribution >= 4 is 54.4 Å². The van der Waals surface area contributed by atoms with Gasteiger partial charge < -0.3 is 4.57 Å². The standard InChI is InChI=1S/C39H25N3/c1-2-10-28-25-29(17-16-26(28)9-1)27-18-20-30(21-19-27)41-33-13-5-3-11-31(33)38-35(41)22-23-36-39(38)32-12-4-6-14-34(32)42(36)37-15-7-8-24-40-37/h1-25H. The van der Waals surface area contributed by atoms with Crippen LogP contribution in [0.25, 0.3) is 77.0 Å². The summed E-state index contributed by atoms with van der Waals surface area (Å²) in [6, 6.07) is 52.3. The largest absolute Gasteiger partial charge is 0.309 e. The minimum Gasteiger partial charge on any atom is -0.309 e. The Kier molecular flexibility index (Phi) is 4.90. The van der Waals surface area contributed by atoms with E-state index in [1.54, 1.807) is 0 Å². The molecule has 0 aliphatic rings. The lowest BCUT2D eigenvalue weighted by molar-refractivity contribution is 1.08. The van der Waals surface area contributed by atoms with Crippen LogP contribution in [0.4, 0.5) is 0 Å². The molecular formula is C39H25N3. The predicted molar refractivity (Wildman–Crippen MR) is 176 cm³/mol. The van der Waals surface area contributed by atoms with Crippen LogP contribution in [0.3, 0.4) is 0 Å². The topological polar surface area (TPSA) is 22.8 Å². The number of nitrogens with zero attached hydrogens (tertiary/aromatic N) is 3. The SMILES string of the molecule is c1ccc(-n2c3ccccc3c3c4c5ccccc5n(-c5ccc(-c6ccc7ccccc7c6)cc5)c4ccc32)nc1. The lowest BCUT2D eigenvalue weighted by Crippen LogP contribution is -1.96. The predicted octanol–water partition coefficient (Wildman–Crippen LogP) is 10.1. The Hall–Kier alpha value is -5.67.